The lowest BCUT2D eigenvalue weighted by atomic mass is 10.2. The lowest BCUT2D eigenvalue weighted by Gasteiger charge is -2.31. The number of esters is 1. The van der Waals surface area contributed by atoms with E-state index in [-0.39, 0.29) is 25.5 Å². The Kier molecular flexibility index (Phi) is 11.5. The van der Waals surface area contributed by atoms with E-state index in [9.17, 15) is 14.4 Å². The number of nitrogens with zero attached hydrogens (tertiary/aromatic N) is 2. The molecule has 32 heavy (non-hydrogen) atoms. The summed E-state index contributed by atoms with van der Waals surface area (Å²) >= 11 is 0. The Balaban J connectivity index is 2.77. The van der Waals surface area contributed by atoms with Crippen LogP contribution in [0.2, 0.25) is 0 Å². The summed E-state index contributed by atoms with van der Waals surface area (Å²) in [6.07, 6.45) is -0.836. The molecule has 0 aromatic heterocycles. The second kappa shape index (κ2) is 13.6. The first-order chi connectivity index (χ1) is 15.0. The zero-order valence-electron chi connectivity index (χ0n) is 20.1. The number of amides is 2. The van der Waals surface area contributed by atoms with E-state index in [1.807, 2.05) is 42.2 Å². The molecule has 1 N–H and O–H groups in total. The van der Waals surface area contributed by atoms with Gasteiger partial charge >= 0.3 is 18.2 Å². The molecule has 2 amide bonds. The standard InChI is InChI=1S/C23H37N3O6/c1-7-26(14-13-20(27)30-6)16-19(15-25(5)22(29)32-23(2,3)4)24-21(28)31-17-18-11-9-8-10-12-18/h8-12,19H,7,13-17H2,1-6H3,(H,24,28)/t19-/m1/s1. The van der Waals surface area contributed by atoms with Crippen LogP contribution in [0.4, 0.5) is 9.59 Å². The van der Waals surface area contributed by atoms with Gasteiger partial charge in [-0.15, -0.1) is 0 Å². The Hall–Kier alpha value is -2.81. The van der Waals surface area contributed by atoms with E-state index in [2.05, 4.69) is 5.32 Å². The van der Waals surface area contributed by atoms with E-state index >= 15 is 0 Å². The van der Waals surface area contributed by atoms with E-state index < -0.39 is 23.8 Å². The molecule has 0 unspecified atom stereocenters. The van der Waals surface area contributed by atoms with Gasteiger partial charge in [0.2, 0.25) is 0 Å². The van der Waals surface area contributed by atoms with Crippen LogP contribution in [-0.4, -0.2) is 79.9 Å². The summed E-state index contributed by atoms with van der Waals surface area (Å²) in [5, 5.41) is 2.83. The summed E-state index contributed by atoms with van der Waals surface area (Å²) in [7, 11) is 2.96. The van der Waals surface area contributed by atoms with Gasteiger partial charge in [-0.25, -0.2) is 9.59 Å². The molecule has 0 radical (unpaired) electrons. The molecule has 0 bridgehead atoms. The first kappa shape index (κ1) is 27.2. The normalized spacial score (nSPS) is 12.1. The third kappa shape index (κ3) is 11.5. The Bertz CT molecular complexity index is 720. The molecular weight excluding hydrogens is 414 g/mol. The number of rotatable bonds is 11. The van der Waals surface area contributed by atoms with Crippen LogP contribution >= 0.6 is 0 Å². The van der Waals surface area contributed by atoms with Gasteiger partial charge < -0.3 is 29.3 Å². The van der Waals surface area contributed by atoms with Gasteiger partial charge in [-0.3, -0.25) is 4.79 Å². The average Bonchev–Trinajstić information content (AvgIpc) is 2.74. The van der Waals surface area contributed by atoms with Crippen molar-refractivity contribution >= 4 is 18.2 Å². The molecule has 0 aliphatic heterocycles. The molecule has 1 aromatic carbocycles. The van der Waals surface area contributed by atoms with E-state index in [0.29, 0.717) is 19.6 Å². The molecule has 9 nitrogen and oxygen atoms in total. The molecule has 9 heteroatoms. The number of methoxy groups -OCH3 is 1. The maximum atomic E-state index is 12.4. The van der Waals surface area contributed by atoms with Gasteiger partial charge in [0.25, 0.3) is 0 Å². The van der Waals surface area contributed by atoms with Crippen LogP contribution in [0, 0.1) is 0 Å². The smallest absolute Gasteiger partial charge is 0.410 e. The first-order valence-corrected chi connectivity index (χ1v) is 10.7. The van der Waals surface area contributed by atoms with Crippen LogP contribution in [0.1, 0.15) is 39.7 Å². The van der Waals surface area contributed by atoms with Gasteiger partial charge in [-0.1, -0.05) is 37.3 Å². The topological polar surface area (TPSA) is 97.4 Å². The average molecular weight is 452 g/mol. The molecule has 0 fully saturated rings. The number of hydrogen-bond acceptors (Lipinski definition) is 7. The van der Waals surface area contributed by atoms with Gasteiger partial charge in [-0.05, 0) is 32.9 Å². The van der Waals surface area contributed by atoms with Crippen molar-refractivity contribution in [1.29, 1.82) is 0 Å². The lowest BCUT2D eigenvalue weighted by Crippen LogP contribution is -2.51. The molecule has 1 rings (SSSR count). The molecule has 0 saturated carbocycles. The highest BCUT2D eigenvalue weighted by atomic mass is 16.6. The third-order valence-corrected chi connectivity index (χ3v) is 4.52. The lowest BCUT2D eigenvalue weighted by molar-refractivity contribution is -0.141. The molecule has 0 aliphatic carbocycles. The number of alkyl carbamates (subject to hydrolysis) is 1. The summed E-state index contributed by atoms with van der Waals surface area (Å²) in [4.78, 5) is 39.7. The van der Waals surface area contributed by atoms with Gasteiger partial charge in [0, 0.05) is 26.7 Å². The van der Waals surface area contributed by atoms with Crippen LogP contribution in [0.15, 0.2) is 30.3 Å². The molecule has 180 valence electrons. The van der Waals surface area contributed by atoms with E-state index in [1.54, 1.807) is 27.8 Å². The quantitative estimate of drug-likeness (QED) is 0.408. The first-order valence-electron chi connectivity index (χ1n) is 10.7. The fourth-order valence-electron chi connectivity index (χ4n) is 2.87. The number of hydrogen-bond donors (Lipinski definition) is 1. The monoisotopic (exact) mass is 451 g/mol. The maximum absolute atomic E-state index is 12.4. The fraction of sp³-hybridized carbons (Fsp3) is 0.609. The molecule has 0 saturated heterocycles. The van der Waals surface area contributed by atoms with E-state index in [4.69, 9.17) is 14.2 Å². The molecule has 0 heterocycles. The summed E-state index contributed by atoms with van der Waals surface area (Å²) in [6, 6.07) is 8.93. The predicted octanol–water partition coefficient (Wildman–Crippen LogP) is 3.03. The minimum Gasteiger partial charge on any atom is -0.469 e. The van der Waals surface area contributed by atoms with Crippen LogP contribution in [0.5, 0.6) is 0 Å². The van der Waals surface area contributed by atoms with Crippen molar-refractivity contribution < 1.29 is 28.6 Å². The fourth-order valence-corrected chi connectivity index (χ4v) is 2.87. The van der Waals surface area contributed by atoms with Crippen molar-refractivity contribution in [2.75, 3.05) is 40.3 Å². The van der Waals surface area contributed by atoms with Crippen LogP contribution in [0.3, 0.4) is 0 Å². The van der Waals surface area contributed by atoms with Crippen molar-refractivity contribution in [2.45, 2.75) is 52.4 Å². The molecular formula is C23H37N3O6. The molecule has 0 spiro atoms. The zero-order valence-corrected chi connectivity index (χ0v) is 20.1. The Morgan fingerprint density at radius 2 is 1.75 bits per heavy atom. The number of likely N-dealkylation sites (N-methyl/N-ethyl adjacent to an activating group) is 2. The Morgan fingerprint density at radius 1 is 1.09 bits per heavy atom. The number of ether oxygens (including phenoxy) is 3. The summed E-state index contributed by atoms with van der Waals surface area (Å²) in [5.41, 5.74) is 0.247. The van der Waals surface area contributed by atoms with Gasteiger partial charge in [0.05, 0.1) is 19.6 Å². The Labute approximate surface area is 191 Å². The second-order valence-corrected chi connectivity index (χ2v) is 8.48. The number of carbonyl (C=O) groups is 3. The highest BCUT2D eigenvalue weighted by molar-refractivity contribution is 5.70. The van der Waals surface area contributed by atoms with E-state index in [0.717, 1.165) is 5.56 Å². The van der Waals surface area contributed by atoms with Crippen molar-refractivity contribution in [1.82, 2.24) is 15.1 Å². The Morgan fingerprint density at radius 3 is 2.31 bits per heavy atom. The highest BCUT2D eigenvalue weighted by Crippen LogP contribution is 2.10. The maximum Gasteiger partial charge on any atom is 0.410 e. The van der Waals surface area contributed by atoms with E-state index in [1.165, 1.54) is 12.0 Å². The predicted molar refractivity (Wildman–Crippen MR) is 121 cm³/mol. The highest BCUT2D eigenvalue weighted by Gasteiger charge is 2.24. The van der Waals surface area contributed by atoms with Gasteiger partial charge in [0.1, 0.15) is 12.2 Å². The van der Waals surface area contributed by atoms with Crippen LogP contribution < -0.4 is 5.32 Å². The summed E-state index contributed by atoms with van der Waals surface area (Å²) in [6.45, 7) is 9.23. The summed E-state index contributed by atoms with van der Waals surface area (Å²) in [5.74, 6) is -0.305. The number of benzene rings is 1. The van der Waals surface area contributed by atoms with Gasteiger partial charge in [0.15, 0.2) is 0 Å². The minimum absolute atomic E-state index is 0.140. The second-order valence-electron chi connectivity index (χ2n) is 8.48. The van der Waals surface area contributed by atoms with Crippen molar-refractivity contribution in [3.8, 4) is 0 Å². The van der Waals surface area contributed by atoms with Crippen molar-refractivity contribution in [3.05, 3.63) is 35.9 Å². The molecule has 1 atom stereocenters. The van der Waals surface area contributed by atoms with Crippen LogP contribution in [0.25, 0.3) is 0 Å². The molecule has 1 aromatic rings. The third-order valence-electron chi connectivity index (χ3n) is 4.52. The largest absolute Gasteiger partial charge is 0.469 e. The minimum atomic E-state index is -0.626. The summed E-state index contributed by atoms with van der Waals surface area (Å²) < 4.78 is 15.4. The molecule has 0 aliphatic rings. The number of carbonyl (C=O) groups excluding carboxylic acids is 3. The van der Waals surface area contributed by atoms with Crippen molar-refractivity contribution in [3.63, 3.8) is 0 Å². The van der Waals surface area contributed by atoms with Crippen molar-refractivity contribution in [2.24, 2.45) is 0 Å². The number of nitrogens with one attached hydrogen (secondary N) is 1. The zero-order chi connectivity index (χ0) is 24.1. The van der Waals surface area contributed by atoms with Crippen LogP contribution in [-0.2, 0) is 25.6 Å². The van der Waals surface area contributed by atoms with Gasteiger partial charge in [-0.2, -0.15) is 0 Å². The SMILES string of the molecule is CCN(CCC(=O)OC)C[C@@H](CN(C)C(=O)OC(C)(C)C)NC(=O)OCc1ccccc1.